The van der Waals surface area contributed by atoms with E-state index in [4.69, 9.17) is 21.1 Å². The number of nitrogens with zero attached hydrogens (tertiary/aromatic N) is 3. The van der Waals surface area contributed by atoms with Gasteiger partial charge in [0, 0.05) is 6.54 Å². The average molecular weight is 445 g/mol. The summed E-state index contributed by atoms with van der Waals surface area (Å²) in [6.07, 6.45) is 1.74. The van der Waals surface area contributed by atoms with Crippen molar-refractivity contribution >= 4 is 35.0 Å². The van der Waals surface area contributed by atoms with Crippen LogP contribution in [0.3, 0.4) is 0 Å². The molecule has 156 valence electrons. The molecule has 0 aliphatic heterocycles. The van der Waals surface area contributed by atoms with Crippen molar-refractivity contribution in [2.75, 3.05) is 18.2 Å². The van der Waals surface area contributed by atoms with Gasteiger partial charge >= 0.3 is 0 Å². The summed E-state index contributed by atoms with van der Waals surface area (Å²) in [5, 5.41) is 12.3. The summed E-state index contributed by atoms with van der Waals surface area (Å²) in [5.74, 6) is 2.07. The quantitative estimate of drug-likeness (QED) is 0.368. The number of aromatic nitrogens is 3. The number of nitrogens with one attached hydrogen (secondary N) is 1. The van der Waals surface area contributed by atoms with Gasteiger partial charge in [0.2, 0.25) is 5.91 Å². The molecule has 0 radical (unpaired) electrons. The van der Waals surface area contributed by atoms with Gasteiger partial charge in [-0.1, -0.05) is 41.6 Å². The Morgan fingerprint density at radius 1 is 1.20 bits per heavy atom. The number of rotatable bonds is 10. The lowest BCUT2D eigenvalue weighted by Crippen LogP contribution is -2.15. The maximum atomic E-state index is 12.3. The standard InChI is InChI=1S/C21H21ClN4O3S/c1-3-12-26-19(13-29-16-10-8-15(28-2)9-11-16)24-25-21(26)30-14-20(27)23-18-7-5-4-6-17(18)22/h3-11H,1,12-14H2,2H3,(H,23,27). The highest BCUT2D eigenvalue weighted by atomic mass is 35.5. The number of para-hydroxylation sites is 1. The van der Waals surface area contributed by atoms with Crippen LogP contribution in [-0.2, 0) is 17.9 Å². The molecule has 0 unspecified atom stereocenters. The highest BCUT2D eigenvalue weighted by molar-refractivity contribution is 7.99. The molecule has 0 atom stereocenters. The fraction of sp³-hybridized carbons (Fsp3) is 0.190. The van der Waals surface area contributed by atoms with Gasteiger partial charge in [0.1, 0.15) is 18.1 Å². The predicted octanol–water partition coefficient (Wildman–Crippen LogP) is 4.44. The lowest BCUT2D eigenvalue weighted by atomic mass is 10.3. The molecule has 1 N–H and O–H groups in total. The van der Waals surface area contributed by atoms with Crippen LogP contribution in [-0.4, -0.2) is 33.5 Å². The van der Waals surface area contributed by atoms with Crippen molar-refractivity contribution in [1.82, 2.24) is 14.8 Å². The van der Waals surface area contributed by atoms with Crippen LogP contribution in [0.5, 0.6) is 11.5 Å². The topological polar surface area (TPSA) is 78.3 Å². The molecule has 30 heavy (non-hydrogen) atoms. The van der Waals surface area contributed by atoms with E-state index in [0.717, 1.165) is 5.75 Å². The highest BCUT2D eigenvalue weighted by Gasteiger charge is 2.14. The Morgan fingerprint density at radius 2 is 1.93 bits per heavy atom. The minimum atomic E-state index is -0.183. The SMILES string of the molecule is C=CCn1c(COc2ccc(OC)cc2)nnc1SCC(=O)Nc1ccccc1Cl. The van der Waals surface area contributed by atoms with Crippen molar-refractivity contribution in [2.45, 2.75) is 18.3 Å². The van der Waals surface area contributed by atoms with E-state index < -0.39 is 0 Å². The smallest absolute Gasteiger partial charge is 0.234 e. The van der Waals surface area contributed by atoms with Gasteiger partial charge in [-0.05, 0) is 36.4 Å². The number of methoxy groups -OCH3 is 1. The van der Waals surface area contributed by atoms with Crippen molar-refractivity contribution in [3.05, 3.63) is 72.0 Å². The van der Waals surface area contributed by atoms with E-state index in [9.17, 15) is 4.79 Å². The molecule has 0 fully saturated rings. The Bertz CT molecular complexity index is 1010. The average Bonchev–Trinajstić information content (AvgIpc) is 3.14. The molecular weight excluding hydrogens is 424 g/mol. The third-order valence-electron chi connectivity index (χ3n) is 4.01. The number of hydrogen-bond acceptors (Lipinski definition) is 6. The van der Waals surface area contributed by atoms with Crippen LogP contribution in [0.15, 0.2) is 66.3 Å². The van der Waals surface area contributed by atoms with Crippen LogP contribution in [0, 0.1) is 0 Å². The van der Waals surface area contributed by atoms with Crippen LogP contribution in [0.25, 0.3) is 0 Å². The summed E-state index contributed by atoms with van der Waals surface area (Å²) in [4.78, 5) is 12.3. The maximum Gasteiger partial charge on any atom is 0.234 e. The number of benzene rings is 2. The van der Waals surface area contributed by atoms with E-state index in [1.807, 2.05) is 34.9 Å². The van der Waals surface area contributed by atoms with E-state index in [1.165, 1.54) is 11.8 Å². The van der Waals surface area contributed by atoms with Crippen molar-refractivity contribution in [3.63, 3.8) is 0 Å². The third kappa shape index (κ3) is 5.77. The number of carbonyl (C=O) groups excluding carboxylic acids is 1. The number of carbonyl (C=O) groups is 1. The highest BCUT2D eigenvalue weighted by Crippen LogP contribution is 2.23. The second kappa shape index (κ2) is 10.7. The van der Waals surface area contributed by atoms with Crippen LogP contribution >= 0.6 is 23.4 Å². The van der Waals surface area contributed by atoms with Crippen LogP contribution < -0.4 is 14.8 Å². The number of anilines is 1. The van der Waals surface area contributed by atoms with E-state index in [-0.39, 0.29) is 18.3 Å². The van der Waals surface area contributed by atoms with E-state index in [2.05, 4.69) is 22.1 Å². The molecule has 0 spiro atoms. The number of amides is 1. The Labute approximate surface area is 184 Å². The lowest BCUT2D eigenvalue weighted by molar-refractivity contribution is -0.113. The number of allylic oxidation sites excluding steroid dienone is 1. The molecule has 0 aliphatic rings. The molecular formula is C21H21ClN4O3S. The van der Waals surface area contributed by atoms with Gasteiger partial charge < -0.3 is 14.8 Å². The summed E-state index contributed by atoms with van der Waals surface area (Å²) in [6.45, 7) is 4.52. The monoisotopic (exact) mass is 444 g/mol. The second-order valence-electron chi connectivity index (χ2n) is 6.08. The second-order valence-corrected chi connectivity index (χ2v) is 7.43. The van der Waals surface area contributed by atoms with Crippen molar-refractivity contribution in [2.24, 2.45) is 0 Å². The third-order valence-corrected chi connectivity index (χ3v) is 5.31. The Morgan fingerprint density at radius 3 is 2.63 bits per heavy atom. The van der Waals surface area contributed by atoms with Gasteiger partial charge in [0.05, 0.1) is 23.6 Å². The van der Waals surface area contributed by atoms with Crippen LogP contribution in [0.2, 0.25) is 5.02 Å². The molecule has 0 bridgehead atoms. The first-order chi connectivity index (χ1) is 14.6. The molecule has 7 nitrogen and oxygen atoms in total. The molecule has 3 rings (SSSR count). The summed E-state index contributed by atoms with van der Waals surface area (Å²) >= 11 is 7.36. The fourth-order valence-corrected chi connectivity index (χ4v) is 3.49. The predicted molar refractivity (Wildman–Crippen MR) is 118 cm³/mol. The van der Waals surface area contributed by atoms with Crippen LogP contribution in [0.1, 0.15) is 5.82 Å². The van der Waals surface area contributed by atoms with Gasteiger partial charge in [0.25, 0.3) is 0 Å². The van der Waals surface area contributed by atoms with E-state index in [0.29, 0.717) is 34.0 Å². The first-order valence-corrected chi connectivity index (χ1v) is 10.4. The number of halogens is 1. The molecule has 0 saturated heterocycles. The molecule has 3 aromatic rings. The minimum absolute atomic E-state index is 0.167. The first kappa shape index (κ1) is 21.7. The summed E-state index contributed by atoms with van der Waals surface area (Å²) in [5.41, 5.74) is 0.575. The Balaban J connectivity index is 1.61. The largest absolute Gasteiger partial charge is 0.497 e. The number of ether oxygens (including phenoxy) is 2. The summed E-state index contributed by atoms with van der Waals surface area (Å²) < 4.78 is 12.8. The molecule has 9 heteroatoms. The van der Waals surface area contributed by atoms with Crippen molar-refractivity contribution in [3.8, 4) is 11.5 Å². The minimum Gasteiger partial charge on any atom is -0.497 e. The Kier molecular flexibility index (Phi) is 7.75. The van der Waals surface area contributed by atoms with Gasteiger partial charge in [-0.25, -0.2) is 0 Å². The zero-order valence-electron chi connectivity index (χ0n) is 16.4. The molecule has 0 aliphatic carbocycles. The first-order valence-electron chi connectivity index (χ1n) is 9.07. The molecule has 1 amide bonds. The molecule has 1 heterocycles. The number of hydrogen-bond donors (Lipinski definition) is 1. The zero-order valence-corrected chi connectivity index (χ0v) is 17.9. The van der Waals surface area contributed by atoms with Gasteiger partial charge in [-0.15, -0.1) is 16.8 Å². The van der Waals surface area contributed by atoms with Crippen molar-refractivity contribution < 1.29 is 14.3 Å². The van der Waals surface area contributed by atoms with Crippen molar-refractivity contribution in [1.29, 1.82) is 0 Å². The normalized spacial score (nSPS) is 10.5. The lowest BCUT2D eigenvalue weighted by Gasteiger charge is -2.10. The molecule has 2 aromatic carbocycles. The Hall–Kier alpha value is -2.97. The van der Waals surface area contributed by atoms with E-state index in [1.54, 1.807) is 31.4 Å². The number of thioether (sulfide) groups is 1. The summed E-state index contributed by atoms with van der Waals surface area (Å²) in [7, 11) is 1.61. The molecule has 1 aromatic heterocycles. The van der Waals surface area contributed by atoms with Gasteiger partial charge in [-0.3, -0.25) is 9.36 Å². The van der Waals surface area contributed by atoms with E-state index >= 15 is 0 Å². The maximum absolute atomic E-state index is 12.3. The molecule has 0 saturated carbocycles. The zero-order chi connectivity index (χ0) is 21.3. The van der Waals surface area contributed by atoms with Crippen LogP contribution in [0.4, 0.5) is 5.69 Å². The fourth-order valence-electron chi connectivity index (χ4n) is 2.54. The van der Waals surface area contributed by atoms with Gasteiger partial charge in [-0.2, -0.15) is 0 Å². The van der Waals surface area contributed by atoms with Gasteiger partial charge in [0.15, 0.2) is 11.0 Å². The summed E-state index contributed by atoms with van der Waals surface area (Å²) in [6, 6.07) is 14.4.